The van der Waals surface area contributed by atoms with Gasteiger partial charge in [0.1, 0.15) is 0 Å². The normalized spacial score (nSPS) is 10.3. The maximum absolute atomic E-state index is 11.0. The van der Waals surface area contributed by atoms with E-state index in [9.17, 15) is 4.79 Å². The molecule has 0 atom stereocenters. The van der Waals surface area contributed by atoms with Crippen LogP contribution in [0.15, 0.2) is 54.7 Å². The minimum Gasteiger partial charge on any atom is -0.478 e. The number of nitrogens with zero attached hydrogens (tertiary/aromatic N) is 2. The third kappa shape index (κ3) is 1.82. The maximum Gasteiger partial charge on any atom is 0.335 e. The lowest BCUT2D eigenvalue weighted by Gasteiger charge is -2.07. The Labute approximate surface area is 115 Å². The minimum absolute atomic E-state index is 0.258. The van der Waals surface area contributed by atoms with Crippen LogP contribution in [0.2, 0.25) is 0 Å². The van der Waals surface area contributed by atoms with E-state index in [0.717, 1.165) is 16.6 Å². The lowest BCUT2D eigenvalue weighted by molar-refractivity contribution is 0.0697. The van der Waals surface area contributed by atoms with Gasteiger partial charge in [-0.3, -0.25) is 0 Å². The highest BCUT2D eigenvalue weighted by molar-refractivity contribution is 5.94. The zero-order valence-corrected chi connectivity index (χ0v) is 10.4. The van der Waals surface area contributed by atoms with Crippen LogP contribution in [-0.2, 0) is 0 Å². The first kappa shape index (κ1) is 12.0. The lowest BCUT2D eigenvalue weighted by atomic mass is 10.1. The molecular weight excluding hydrogens is 252 g/mol. The van der Waals surface area contributed by atoms with Crippen LogP contribution < -0.4 is 0 Å². The number of carbonyl (C=O) groups is 1. The third-order valence-electron chi connectivity index (χ3n) is 3.20. The number of carboxylic acid groups (broad SMARTS) is 1. The van der Waals surface area contributed by atoms with Gasteiger partial charge in [0.05, 0.1) is 23.3 Å². The predicted octanol–water partition coefficient (Wildman–Crippen LogP) is 3.88. The minimum atomic E-state index is -0.943. The van der Waals surface area contributed by atoms with Crippen molar-refractivity contribution < 1.29 is 9.90 Å². The molecule has 0 radical (unpaired) electrons. The molecule has 0 spiro atoms. The topological polar surface area (TPSA) is 46.6 Å². The molecule has 0 aliphatic carbocycles. The van der Waals surface area contributed by atoms with Crippen molar-refractivity contribution >= 4 is 22.6 Å². The van der Waals surface area contributed by atoms with Gasteiger partial charge in [-0.05, 0) is 30.3 Å². The van der Waals surface area contributed by atoms with E-state index in [-0.39, 0.29) is 5.56 Å². The van der Waals surface area contributed by atoms with E-state index in [0.29, 0.717) is 5.69 Å². The Kier molecular flexibility index (Phi) is 2.73. The van der Waals surface area contributed by atoms with E-state index in [4.69, 9.17) is 11.7 Å². The van der Waals surface area contributed by atoms with Crippen LogP contribution in [0.3, 0.4) is 0 Å². The zero-order chi connectivity index (χ0) is 14.1. The Balaban J connectivity index is 2.23. The van der Waals surface area contributed by atoms with Gasteiger partial charge in [-0.15, -0.1) is 0 Å². The summed E-state index contributed by atoms with van der Waals surface area (Å²) < 4.78 is 1.90. The molecule has 0 amide bonds. The van der Waals surface area contributed by atoms with Crippen LogP contribution in [0, 0.1) is 6.57 Å². The summed E-state index contributed by atoms with van der Waals surface area (Å²) >= 11 is 0. The Bertz CT molecular complexity index is 856. The molecule has 0 saturated heterocycles. The predicted molar refractivity (Wildman–Crippen MR) is 76.5 cm³/mol. The van der Waals surface area contributed by atoms with Crippen LogP contribution in [-0.4, -0.2) is 15.6 Å². The number of fused-ring (bicyclic) bond motifs is 1. The van der Waals surface area contributed by atoms with Crippen LogP contribution in [0.5, 0.6) is 0 Å². The van der Waals surface area contributed by atoms with Gasteiger partial charge in [0.2, 0.25) is 5.69 Å². The summed E-state index contributed by atoms with van der Waals surface area (Å²) in [5, 5.41) is 9.84. The number of hydrogen-bond acceptors (Lipinski definition) is 1. The van der Waals surface area contributed by atoms with Gasteiger partial charge in [-0.25, -0.2) is 9.64 Å². The largest absolute Gasteiger partial charge is 0.478 e. The highest BCUT2D eigenvalue weighted by Gasteiger charge is 2.09. The van der Waals surface area contributed by atoms with Gasteiger partial charge in [0.15, 0.2) is 0 Å². The summed E-state index contributed by atoms with van der Waals surface area (Å²) in [6.07, 6.45) is 1.85. The molecule has 0 fully saturated rings. The molecule has 0 bridgehead atoms. The van der Waals surface area contributed by atoms with Crippen LogP contribution in [0.1, 0.15) is 10.4 Å². The van der Waals surface area contributed by atoms with Crippen LogP contribution >= 0.6 is 0 Å². The number of para-hydroxylation sites is 2. The molecule has 0 unspecified atom stereocenters. The molecule has 2 aromatic carbocycles. The molecule has 3 aromatic rings. The summed E-state index contributed by atoms with van der Waals surface area (Å²) in [7, 11) is 0. The molecule has 4 heteroatoms. The smallest absolute Gasteiger partial charge is 0.335 e. The molecule has 20 heavy (non-hydrogen) atoms. The second-order valence-electron chi connectivity index (χ2n) is 4.37. The van der Waals surface area contributed by atoms with Gasteiger partial charge in [-0.1, -0.05) is 18.2 Å². The van der Waals surface area contributed by atoms with Gasteiger partial charge in [0.25, 0.3) is 0 Å². The van der Waals surface area contributed by atoms with Gasteiger partial charge >= 0.3 is 5.97 Å². The number of carboxylic acids is 1. The second kappa shape index (κ2) is 4.56. The average molecular weight is 262 g/mol. The number of aromatic nitrogens is 1. The van der Waals surface area contributed by atoms with E-state index in [1.54, 1.807) is 24.3 Å². The van der Waals surface area contributed by atoms with E-state index >= 15 is 0 Å². The number of rotatable bonds is 2. The first-order chi connectivity index (χ1) is 9.70. The van der Waals surface area contributed by atoms with E-state index in [1.807, 2.05) is 35.0 Å². The highest BCUT2D eigenvalue weighted by Crippen LogP contribution is 2.28. The fourth-order valence-corrected chi connectivity index (χ4v) is 2.25. The zero-order valence-electron chi connectivity index (χ0n) is 10.4. The van der Waals surface area contributed by atoms with Crippen molar-refractivity contribution in [1.29, 1.82) is 0 Å². The third-order valence-corrected chi connectivity index (χ3v) is 3.20. The molecule has 0 aliphatic heterocycles. The number of hydrogen-bond donors (Lipinski definition) is 1. The van der Waals surface area contributed by atoms with Crippen molar-refractivity contribution in [3.63, 3.8) is 0 Å². The Morgan fingerprint density at radius 3 is 2.70 bits per heavy atom. The van der Waals surface area contributed by atoms with E-state index in [1.165, 1.54) is 0 Å². The molecular formula is C16H10N2O2. The van der Waals surface area contributed by atoms with Crippen molar-refractivity contribution in [3.8, 4) is 5.69 Å². The quantitative estimate of drug-likeness (QED) is 0.712. The molecule has 1 aromatic heterocycles. The molecule has 3 rings (SSSR count). The van der Waals surface area contributed by atoms with Crippen LogP contribution in [0.4, 0.5) is 5.69 Å². The second-order valence-corrected chi connectivity index (χ2v) is 4.37. The average Bonchev–Trinajstić information content (AvgIpc) is 2.89. The monoisotopic (exact) mass is 262 g/mol. The molecule has 1 N–H and O–H groups in total. The molecule has 96 valence electrons. The molecule has 0 saturated carbocycles. The van der Waals surface area contributed by atoms with E-state index < -0.39 is 5.97 Å². The summed E-state index contributed by atoms with van der Waals surface area (Å²) in [6.45, 7) is 7.22. The fourth-order valence-electron chi connectivity index (χ4n) is 2.25. The summed E-state index contributed by atoms with van der Waals surface area (Å²) in [5.41, 5.74) is 2.49. The molecule has 1 heterocycles. The standard InChI is InChI=1S/C16H10N2O2/c1-17-13-4-2-3-5-15(13)18-9-8-11-10-12(16(19)20)6-7-14(11)18/h2-10H,(H,19,20). The summed E-state index contributed by atoms with van der Waals surface area (Å²) in [5.74, 6) is -0.943. The Morgan fingerprint density at radius 2 is 1.95 bits per heavy atom. The lowest BCUT2D eigenvalue weighted by Crippen LogP contribution is -1.96. The molecule has 4 nitrogen and oxygen atoms in total. The van der Waals surface area contributed by atoms with Crippen molar-refractivity contribution in [1.82, 2.24) is 4.57 Å². The first-order valence-electron chi connectivity index (χ1n) is 6.02. The van der Waals surface area contributed by atoms with Gasteiger partial charge in [-0.2, -0.15) is 0 Å². The summed E-state index contributed by atoms with van der Waals surface area (Å²) in [6, 6.07) is 14.2. The van der Waals surface area contributed by atoms with E-state index in [2.05, 4.69) is 4.85 Å². The molecule has 0 aliphatic rings. The number of benzene rings is 2. The SMILES string of the molecule is [C-]#[N+]c1ccccc1-n1ccc2cc(C(=O)O)ccc21. The van der Waals surface area contributed by atoms with Crippen LogP contribution in [0.25, 0.3) is 21.4 Å². The van der Waals surface area contributed by atoms with Crippen molar-refractivity contribution in [2.24, 2.45) is 0 Å². The Hall–Kier alpha value is -3.06. The maximum atomic E-state index is 11.0. The van der Waals surface area contributed by atoms with Crippen molar-refractivity contribution in [2.75, 3.05) is 0 Å². The fraction of sp³-hybridized carbons (Fsp3) is 0. The number of aromatic carboxylic acids is 1. The highest BCUT2D eigenvalue weighted by atomic mass is 16.4. The van der Waals surface area contributed by atoms with Gasteiger partial charge < -0.3 is 9.67 Å². The Morgan fingerprint density at radius 1 is 1.15 bits per heavy atom. The van der Waals surface area contributed by atoms with Gasteiger partial charge in [0, 0.05) is 11.6 Å². The summed E-state index contributed by atoms with van der Waals surface area (Å²) in [4.78, 5) is 14.5. The van der Waals surface area contributed by atoms with Crippen molar-refractivity contribution in [3.05, 3.63) is 71.7 Å². The first-order valence-corrected chi connectivity index (χ1v) is 6.02. The van der Waals surface area contributed by atoms with Crippen molar-refractivity contribution in [2.45, 2.75) is 0 Å².